The van der Waals surface area contributed by atoms with Crippen molar-refractivity contribution in [2.24, 2.45) is 0 Å². The molecule has 1 atom stereocenters. The average Bonchev–Trinajstić information content (AvgIpc) is 2.43. The Balaban J connectivity index is 2.15. The van der Waals surface area contributed by atoms with Gasteiger partial charge in [0.05, 0.1) is 6.42 Å². The predicted octanol–water partition coefficient (Wildman–Crippen LogP) is -1.95. The highest BCUT2D eigenvalue weighted by molar-refractivity contribution is 5.91. The molecule has 21 heavy (non-hydrogen) atoms. The first-order valence-corrected chi connectivity index (χ1v) is 6.29. The summed E-state index contributed by atoms with van der Waals surface area (Å²) in [6.45, 7) is 0.177. The zero-order valence-corrected chi connectivity index (χ0v) is 11.1. The van der Waals surface area contributed by atoms with Crippen molar-refractivity contribution in [2.45, 2.75) is 19.0 Å². The summed E-state index contributed by atoms with van der Waals surface area (Å²) in [6.07, 6.45) is 2.24. The molecule has 2 rings (SSSR count). The Bertz CT molecular complexity index is 626. The summed E-state index contributed by atoms with van der Waals surface area (Å²) < 4.78 is 1.10. The van der Waals surface area contributed by atoms with Crippen molar-refractivity contribution in [3.63, 3.8) is 0 Å². The lowest BCUT2D eigenvalue weighted by atomic mass is 10.1. The predicted molar refractivity (Wildman–Crippen MR) is 69.3 cm³/mol. The number of carbonyl (C=O) groups excluding carboxylic acids is 2. The summed E-state index contributed by atoms with van der Waals surface area (Å²) in [6, 6.07) is 0.447. The third-order valence-electron chi connectivity index (χ3n) is 3.11. The van der Waals surface area contributed by atoms with E-state index >= 15 is 0 Å². The van der Waals surface area contributed by atoms with Gasteiger partial charge in [0, 0.05) is 25.5 Å². The van der Waals surface area contributed by atoms with Crippen LogP contribution in [-0.2, 0) is 20.9 Å². The van der Waals surface area contributed by atoms with Gasteiger partial charge in [-0.2, -0.15) is 0 Å². The summed E-state index contributed by atoms with van der Waals surface area (Å²) >= 11 is 0. The largest absolute Gasteiger partial charge is 0.481 e. The van der Waals surface area contributed by atoms with Crippen LogP contribution in [0.2, 0.25) is 0 Å². The molecule has 0 aliphatic carbocycles. The zero-order chi connectivity index (χ0) is 15.4. The molecule has 1 unspecified atom stereocenters. The van der Waals surface area contributed by atoms with E-state index in [0.717, 1.165) is 4.57 Å². The minimum absolute atomic E-state index is 0.206. The maximum Gasteiger partial charge on any atom is 0.347 e. The molecule has 1 saturated heterocycles. The zero-order valence-electron chi connectivity index (χ0n) is 11.1. The number of nitrogens with one attached hydrogen (secondary N) is 1. The highest BCUT2D eigenvalue weighted by atomic mass is 16.4. The molecule has 0 radical (unpaired) electrons. The van der Waals surface area contributed by atoms with Crippen molar-refractivity contribution in [2.75, 3.05) is 13.1 Å². The molecule has 1 aromatic rings. The standard InChI is InChI=1S/C12H14N4O5/c17-9(7-15-4-1-2-14-12(15)21)16-5-3-13-11(20)8(16)6-10(18)19/h1-2,4,8H,3,5-7H2,(H,13,20)(H,18,19). The molecule has 1 aliphatic heterocycles. The minimum atomic E-state index is -1.17. The van der Waals surface area contributed by atoms with E-state index in [0.29, 0.717) is 0 Å². The van der Waals surface area contributed by atoms with Gasteiger partial charge in [-0.25, -0.2) is 9.78 Å². The minimum Gasteiger partial charge on any atom is -0.481 e. The molecule has 0 aromatic carbocycles. The number of hydrogen-bond acceptors (Lipinski definition) is 5. The number of rotatable bonds is 4. The van der Waals surface area contributed by atoms with E-state index in [2.05, 4.69) is 10.3 Å². The van der Waals surface area contributed by atoms with Crippen LogP contribution in [0.5, 0.6) is 0 Å². The van der Waals surface area contributed by atoms with Crippen molar-refractivity contribution >= 4 is 17.8 Å². The van der Waals surface area contributed by atoms with E-state index in [-0.39, 0.29) is 19.6 Å². The van der Waals surface area contributed by atoms with Crippen molar-refractivity contribution in [3.8, 4) is 0 Å². The second-order valence-corrected chi connectivity index (χ2v) is 4.52. The van der Waals surface area contributed by atoms with Crippen LogP contribution in [-0.4, -0.2) is 56.5 Å². The third kappa shape index (κ3) is 3.44. The molecular weight excluding hydrogens is 280 g/mol. The second-order valence-electron chi connectivity index (χ2n) is 4.52. The Hall–Kier alpha value is -2.71. The molecule has 9 nitrogen and oxygen atoms in total. The van der Waals surface area contributed by atoms with Gasteiger partial charge in [-0.05, 0) is 6.07 Å². The Morgan fingerprint density at radius 1 is 1.43 bits per heavy atom. The van der Waals surface area contributed by atoms with Gasteiger partial charge in [0.2, 0.25) is 11.8 Å². The van der Waals surface area contributed by atoms with E-state index in [9.17, 15) is 19.2 Å². The summed E-state index contributed by atoms with van der Waals surface area (Å²) in [5.74, 6) is -2.17. The third-order valence-corrected chi connectivity index (χ3v) is 3.11. The fourth-order valence-electron chi connectivity index (χ4n) is 2.13. The molecule has 1 aliphatic rings. The van der Waals surface area contributed by atoms with Crippen LogP contribution in [0.3, 0.4) is 0 Å². The number of aliphatic carboxylic acids is 1. The van der Waals surface area contributed by atoms with Gasteiger partial charge in [-0.15, -0.1) is 0 Å². The van der Waals surface area contributed by atoms with Gasteiger partial charge < -0.3 is 15.3 Å². The molecule has 1 aromatic heterocycles. The molecule has 9 heteroatoms. The molecule has 2 heterocycles. The van der Waals surface area contributed by atoms with Crippen LogP contribution in [0.4, 0.5) is 0 Å². The number of amides is 2. The lowest BCUT2D eigenvalue weighted by Gasteiger charge is -2.34. The van der Waals surface area contributed by atoms with Gasteiger partial charge in [0.25, 0.3) is 0 Å². The number of carbonyl (C=O) groups is 3. The lowest BCUT2D eigenvalue weighted by Crippen LogP contribution is -2.58. The highest BCUT2D eigenvalue weighted by Gasteiger charge is 2.34. The normalized spacial score (nSPS) is 18.2. The fraction of sp³-hybridized carbons (Fsp3) is 0.417. The Morgan fingerprint density at radius 3 is 2.86 bits per heavy atom. The lowest BCUT2D eigenvalue weighted by molar-refractivity contribution is -0.149. The summed E-state index contributed by atoms with van der Waals surface area (Å²) in [4.78, 5) is 50.9. The maximum absolute atomic E-state index is 12.2. The molecule has 2 N–H and O–H groups in total. The Morgan fingerprint density at radius 2 is 2.19 bits per heavy atom. The highest BCUT2D eigenvalue weighted by Crippen LogP contribution is 2.10. The van der Waals surface area contributed by atoms with Crippen LogP contribution in [0.15, 0.2) is 23.3 Å². The van der Waals surface area contributed by atoms with Crippen molar-refractivity contribution in [1.82, 2.24) is 19.8 Å². The number of aromatic nitrogens is 2. The Labute approximate surface area is 119 Å². The van der Waals surface area contributed by atoms with E-state index in [1.54, 1.807) is 0 Å². The van der Waals surface area contributed by atoms with Crippen LogP contribution in [0.1, 0.15) is 6.42 Å². The number of carboxylic acid groups (broad SMARTS) is 1. The first-order valence-electron chi connectivity index (χ1n) is 6.29. The van der Waals surface area contributed by atoms with Gasteiger partial charge in [-0.1, -0.05) is 0 Å². The smallest absolute Gasteiger partial charge is 0.347 e. The average molecular weight is 294 g/mol. The number of piperazine rings is 1. The van der Waals surface area contributed by atoms with Crippen LogP contribution >= 0.6 is 0 Å². The van der Waals surface area contributed by atoms with Gasteiger partial charge in [-0.3, -0.25) is 19.0 Å². The van der Waals surface area contributed by atoms with Crippen LogP contribution < -0.4 is 11.0 Å². The number of carboxylic acids is 1. The molecule has 112 valence electrons. The molecule has 2 amide bonds. The summed E-state index contributed by atoms with van der Waals surface area (Å²) in [7, 11) is 0. The SMILES string of the molecule is O=C(O)CC1C(=O)NCCN1C(=O)Cn1cccnc1=O. The monoisotopic (exact) mass is 294 g/mol. The Kier molecular flexibility index (Phi) is 4.31. The molecular formula is C12H14N4O5. The van der Waals surface area contributed by atoms with Crippen molar-refractivity contribution < 1.29 is 19.5 Å². The maximum atomic E-state index is 12.2. The van der Waals surface area contributed by atoms with E-state index < -0.39 is 35.9 Å². The summed E-state index contributed by atoms with van der Waals surface area (Å²) in [5.41, 5.74) is -0.581. The summed E-state index contributed by atoms with van der Waals surface area (Å²) in [5, 5.41) is 11.4. The number of nitrogens with zero attached hydrogens (tertiary/aromatic N) is 3. The van der Waals surface area contributed by atoms with Crippen LogP contribution in [0.25, 0.3) is 0 Å². The molecule has 0 spiro atoms. The van der Waals surface area contributed by atoms with Gasteiger partial charge >= 0.3 is 11.7 Å². The first kappa shape index (κ1) is 14.7. The van der Waals surface area contributed by atoms with Crippen LogP contribution in [0, 0.1) is 0 Å². The fourth-order valence-corrected chi connectivity index (χ4v) is 2.13. The quantitative estimate of drug-likeness (QED) is 0.665. The van der Waals surface area contributed by atoms with E-state index in [4.69, 9.17) is 5.11 Å². The van der Waals surface area contributed by atoms with E-state index in [1.807, 2.05) is 0 Å². The second kappa shape index (κ2) is 6.16. The topological polar surface area (TPSA) is 122 Å². The molecule has 0 bridgehead atoms. The van der Waals surface area contributed by atoms with E-state index in [1.165, 1.54) is 23.4 Å². The van der Waals surface area contributed by atoms with Gasteiger partial charge in [0.15, 0.2) is 0 Å². The molecule has 1 fully saturated rings. The van der Waals surface area contributed by atoms with Crippen molar-refractivity contribution in [1.29, 1.82) is 0 Å². The number of hydrogen-bond donors (Lipinski definition) is 2. The first-order chi connectivity index (χ1) is 9.99. The van der Waals surface area contributed by atoms with Crippen molar-refractivity contribution in [3.05, 3.63) is 28.9 Å². The van der Waals surface area contributed by atoms with Gasteiger partial charge in [0.1, 0.15) is 12.6 Å². The molecule has 0 saturated carbocycles.